The summed E-state index contributed by atoms with van der Waals surface area (Å²) in [5.41, 5.74) is 2.79. The van der Waals surface area contributed by atoms with E-state index in [9.17, 15) is 4.79 Å². The molecule has 0 bridgehead atoms. The minimum Gasteiger partial charge on any atom is -0.497 e. The van der Waals surface area contributed by atoms with Crippen LogP contribution in [0.5, 0.6) is 11.5 Å². The molecule has 8 heteroatoms. The van der Waals surface area contributed by atoms with Crippen molar-refractivity contribution in [3.05, 3.63) is 41.2 Å². The first-order valence-corrected chi connectivity index (χ1v) is 12.0. The summed E-state index contributed by atoms with van der Waals surface area (Å²) in [5.74, 6) is 2.05. The second kappa shape index (κ2) is 9.55. The lowest BCUT2D eigenvalue weighted by molar-refractivity contribution is 0.0762. The van der Waals surface area contributed by atoms with Crippen molar-refractivity contribution in [2.45, 2.75) is 38.1 Å². The number of hydrogen-bond acceptors (Lipinski definition) is 7. The molecule has 1 aromatic carbocycles. The monoisotopic (exact) mass is 451 g/mol. The first-order chi connectivity index (χ1) is 16.1. The summed E-state index contributed by atoms with van der Waals surface area (Å²) >= 11 is 0. The zero-order valence-corrected chi connectivity index (χ0v) is 19.6. The van der Waals surface area contributed by atoms with Crippen LogP contribution >= 0.6 is 0 Å². The van der Waals surface area contributed by atoms with Crippen molar-refractivity contribution in [2.75, 3.05) is 58.4 Å². The van der Waals surface area contributed by atoms with E-state index in [-0.39, 0.29) is 5.91 Å². The number of carbonyl (C=O) groups excluding carboxylic acids is 1. The summed E-state index contributed by atoms with van der Waals surface area (Å²) in [6.07, 6.45) is 7.56. The SMILES string of the molecule is COc1cc(OC)cc(C(=O)N2CCc3cnc(N4CCN(C5CCC5)CC4)nc3CC2)c1. The number of aromatic nitrogens is 2. The van der Waals surface area contributed by atoms with Crippen molar-refractivity contribution >= 4 is 11.9 Å². The van der Waals surface area contributed by atoms with Gasteiger partial charge in [0.05, 0.1) is 19.9 Å². The highest BCUT2D eigenvalue weighted by Crippen LogP contribution is 2.27. The molecule has 2 aliphatic heterocycles. The smallest absolute Gasteiger partial charge is 0.254 e. The average Bonchev–Trinajstić information content (AvgIpc) is 3.05. The van der Waals surface area contributed by atoms with Gasteiger partial charge in [-0.3, -0.25) is 9.69 Å². The number of methoxy groups -OCH3 is 2. The molecule has 1 aromatic heterocycles. The maximum Gasteiger partial charge on any atom is 0.254 e. The zero-order valence-electron chi connectivity index (χ0n) is 19.6. The normalized spacial score (nSPS) is 19.5. The molecule has 176 valence electrons. The van der Waals surface area contributed by atoms with Gasteiger partial charge in [-0.1, -0.05) is 6.42 Å². The first kappa shape index (κ1) is 21.9. The number of carbonyl (C=O) groups is 1. The van der Waals surface area contributed by atoms with Crippen LogP contribution in [0.25, 0.3) is 0 Å². The van der Waals surface area contributed by atoms with Gasteiger partial charge in [-0.15, -0.1) is 0 Å². The Morgan fingerprint density at radius 3 is 2.27 bits per heavy atom. The van der Waals surface area contributed by atoms with E-state index in [0.29, 0.717) is 30.2 Å². The van der Waals surface area contributed by atoms with Crippen LogP contribution in [0, 0.1) is 0 Å². The Balaban J connectivity index is 1.25. The molecule has 8 nitrogen and oxygen atoms in total. The standard InChI is InChI=1S/C25H33N5O3/c1-32-21-14-19(15-22(16-21)33-2)24(31)29-8-6-18-17-26-25(27-23(18)7-9-29)30-12-10-28(11-13-30)20-4-3-5-20/h14-17,20H,3-13H2,1-2H3. The van der Waals surface area contributed by atoms with E-state index >= 15 is 0 Å². The third kappa shape index (κ3) is 4.62. The van der Waals surface area contributed by atoms with Crippen molar-refractivity contribution in [3.63, 3.8) is 0 Å². The second-order valence-corrected chi connectivity index (χ2v) is 9.14. The molecule has 1 saturated heterocycles. The summed E-state index contributed by atoms with van der Waals surface area (Å²) in [6, 6.07) is 6.11. The average molecular weight is 452 g/mol. The second-order valence-electron chi connectivity index (χ2n) is 9.14. The molecular weight excluding hydrogens is 418 g/mol. The molecule has 3 heterocycles. The molecule has 0 N–H and O–H groups in total. The van der Waals surface area contributed by atoms with Crippen molar-refractivity contribution < 1.29 is 14.3 Å². The van der Waals surface area contributed by atoms with Gasteiger partial charge in [0.25, 0.3) is 5.91 Å². The van der Waals surface area contributed by atoms with Crippen molar-refractivity contribution in [1.29, 1.82) is 0 Å². The number of benzene rings is 1. The largest absolute Gasteiger partial charge is 0.497 e. The summed E-state index contributed by atoms with van der Waals surface area (Å²) in [7, 11) is 3.18. The fourth-order valence-electron chi connectivity index (χ4n) is 4.97. The summed E-state index contributed by atoms with van der Waals surface area (Å²) in [4.78, 5) is 29.7. The van der Waals surface area contributed by atoms with Gasteiger partial charge in [-0.05, 0) is 37.0 Å². The Bertz CT molecular complexity index is 979. The minimum atomic E-state index is -0.0136. The van der Waals surface area contributed by atoms with Crippen LogP contribution in [0.3, 0.4) is 0 Å². The van der Waals surface area contributed by atoms with E-state index in [1.165, 1.54) is 19.3 Å². The molecule has 2 fully saturated rings. The number of nitrogens with zero attached hydrogens (tertiary/aromatic N) is 5. The summed E-state index contributed by atoms with van der Waals surface area (Å²) in [5, 5.41) is 0. The number of fused-ring (bicyclic) bond motifs is 1. The lowest BCUT2D eigenvalue weighted by Gasteiger charge is -2.43. The number of hydrogen-bond donors (Lipinski definition) is 0. The third-order valence-electron chi connectivity index (χ3n) is 7.28. The Labute approximate surface area is 195 Å². The molecule has 2 aromatic rings. The maximum atomic E-state index is 13.2. The summed E-state index contributed by atoms with van der Waals surface area (Å²) in [6.45, 7) is 5.44. The van der Waals surface area contributed by atoms with Crippen LogP contribution < -0.4 is 14.4 Å². The predicted molar refractivity (Wildman–Crippen MR) is 126 cm³/mol. The predicted octanol–water partition coefficient (Wildman–Crippen LogP) is 2.41. The van der Waals surface area contributed by atoms with Crippen LogP contribution in [-0.2, 0) is 12.8 Å². The van der Waals surface area contributed by atoms with Gasteiger partial charge >= 0.3 is 0 Å². The van der Waals surface area contributed by atoms with E-state index in [1.54, 1.807) is 32.4 Å². The minimum absolute atomic E-state index is 0.0136. The zero-order chi connectivity index (χ0) is 22.8. The molecule has 1 aliphatic carbocycles. The Hall–Kier alpha value is -2.87. The van der Waals surface area contributed by atoms with Crippen molar-refractivity contribution in [1.82, 2.24) is 19.8 Å². The highest BCUT2D eigenvalue weighted by Gasteiger charge is 2.29. The van der Waals surface area contributed by atoms with Crippen LogP contribution in [0.2, 0.25) is 0 Å². The lowest BCUT2D eigenvalue weighted by Crippen LogP contribution is -2.52. The first-order valence-electron chi connectivity index (χ1n) is 12.0. The molecule has 5 rings (SSSR count). The lowest BCUT2D eigenvalue weighted by atomic mass is 9.91. The van der Waals surface area contributed by atoms with Crippen LogP contribution in [0.15, 0.2) is 24.4 Å². The van der Waals surface area contributed by atoms with Gasteiger partial charge in [0.15, 0.2) is 0 Å². The molecule has 0 unspecified atom stereocenters. The van der Waals surface area contributed by atoms with E-state index < -0.39 is 0 Å². The van der Waals surface area contributed by atoms with E-state index in [0.717, 1.165) is 62.3 Å². The highest BCUT2D eigenvalue weighted by molar-refractivity contribution is 5.95. The maximum absolute atomic E-state index is 13.2. The fraction of sp³-hybridized carbons (Fsp3) is 0.560. The van der Waals surface area contributed by atoms with Crippen molar-refractivity contribution in [2.24, 2.45) is 0 Å². The summed E-state index contributed by atoms with van der Waals surface area (Å²) < 4.78 is 10.7. The molecule has 0 radical (unpaired) electrons. The highest BCUT2D eigenvalue weighted by atomic mass is 16.5. The molecule has 3 aliphatic rings. The van der Waals surface area contributed by atoms with Gasteiger partial charge < -0.3 is 19.3 Å². The van der Waals surface area contributed by atoms with E-state index in [4.69, 9.17) is 19.4 Å². The van der Waals surface area contributed by atoms with E-state index in [2.05, 4.69) is 9.80 Å². The van der Waals surface area contributed by atoms with Gasteiger partial charge in [0.2, 0.25) is 5.95 Å². The Morgan fingerprint density at radius 2 is 1.64 bits per heavy atom. The quantitative estimate of drug-likeness (QED) is 0.691. The van der Waals surface area contributed by atoms with E-state index in [1.807, 2.05) is 11.1 Å². The van der Waals surface area contributed by atoms with Gasteiger partial charge in [-0.25, -0.2) is 9.97 Å². The third-order valence-corrected chi connectivity index (χ3v) is 7.28. The molecule has 1 amide bonds. The van der Waals surface area contributed by atoms with Gasteiger partial charge in [0, 0.05) is 69.6 Å². The molecule has 0 spiro atoms. The number of ether oxygens (including phenoxy) is 2. The Morgan fingerprint density at radius 1 is 0.939 bits per heavy atom. The number of rotatable bonds is 5. The Kier molecular flexibility index (Phi) is 6.35. The van der Waals surface area contributed by atoms with Crippen LogP contribution in [-0.4, -0.2) is 85.2 Å². The molecule has 33 heavy (non-hydrogen) atoms. The van der Waals surface area contributed by atoms with Crippen LogP contribution in [0.1, 0.15) is 40.9 Å². The van der Waals surface area contributed by atoms with Crippen molar-refractivity contribution in [3.8, 4) is 11.5 Å². The molecular formula is C25H33N5O3. The van der Waals surface area contributed by atoms with Crippen LogP contribution in [0.4, 0.5) is 5.95 Å². The van der Waals surface area contributed by atoms with Gasteiger partial charge in [-0.2, -0.15) is 0 Å². The number of amides is 1. The fourth-order valence-corrected chi connectivity index (χ4v) is 4.97. The number of piperazine rings is 1. The number of anilines is 1. The molecule has 0 atom stereocenters. The topological polar surface area (TPSA) is 71.0 Å². The van der Waals surface area contributed by atoms with Gasteiger partial charge in [0.1, 0.15) is 11.5 Å². The molecule has 1 saturated carbocycles.